The van der Waals surface area contributed by atoms with E-state index in [0.717, 1.165) is 32.1 Å². The van der Waals surface area contributed by atoms with Crippen molar-refractivity contribution in [2.45, 2.75) is 63.0 Å². The van der Waals surface area contributed by atoms with E-state index < -0.39 is 22.2 Å². The molecule has 0 saturated heterocycles. The molecule has 0 bridgehead atoms. The van der Waals surface area contributed by atoms with Gasteiger partial charge in [0.2, 0.25) is 10.0 Å². The van der Waals surface area contributed by atoms with Crippen LogP contribution in [0.1, 0.15) is 46.0 Å². The normalized spacial score (nSPS) is 20.3. The molecule has 1 aliphatic rings. The van der Waals surface area contributed by atoms with E-state index in [0.29, 0.717) is 5.02 Å². The van der Waals surface area contributed by atoms with Gasteiger partial charge in [0.05, 0.1) is 17.0 Å². The molecule has 23 heavy (non-hydrogen) atoms. The summed E-state index contributed by atoms with van der Waals surface area (Å²) in [6.07, 6.45) is 4.32. The van der Waals surface area contributed by atoms with Gasteiger partial charge in [0.1, 0.15) is 0 Å². The maximum atomic E-state index is 12.6. The highest BCUT2D eigenvalue weighted by molar-refractivity contribution is 7.89. The molecule has 1 aromatic carbocycles. The summed E-state index contributed by atoms with van der Waals surface area (Å²) in [6, 6.07) is 5.62. The Morgan fingerprint density at radius 2 is 1.83 bits per heavy atom. The lowest BCUT2D eigenvalue weighted by Crippen LogP contribution is -2.49. The van der Waals surface area contributed by atoms with E-state index in [1.807, 2.05) is 13.8 Å². The molecule has 0 aromatic heterocycles. The minimum atomic E-state index is -3.67. The highest BCUT2D eigenvalue weighted by Gasteiger charge is 2.35. The van der Waals surface area contributed by atoms with Gasteiger partial charge < -0.3 is 5.11 Å². The second kappa shape index (κ2) is 7.97. The lowest BCUT2D eigenvalue weighted by molar-refractivity contribution is 0.0587. The van der Waals surface area contributed by atoms with Crippen LogP contribution in [0.2, 0.25) is 5.02 Å². The number of halogens is 1. The number of hydrogen-bond acceptors (Lipinski definition) is 3. The summed E-state index contributed by atoms with van der Waals surface area (Å²) in [6.45, 7) is 3.99. The molecular formula is C17H26ClNO3S. The zero-order valence-corrected chi connectivity index (χ0v) is 15.3. The summed E-state index contributed by atoms with van der Waals surface area (Å²) in [7, 11) is -3.67. The predicted octanol–water partition coefficient (Wildman–Crippen LogP) is 3.58. The Hall–Kier alpha value is -0.620. The van der Waals surface area contributed by atoms with Gasteiger partial charge >= 0.3 is 0 Å². The average molecular weight is 360 g/mol. The molecule has 4 nitrogen and oxygen atoms in total. The lowest BCUT2D eigenvalue weighted by Gasteiger charge is -2.32. The summed E-state index contributed by atoms with van der Waals surface area (Å²) in [5, 5.41) is 11.2. The van der Waals surface area contributed by atoms with Crippen LogP contribution in [0.25, 0.3) is 0 Å². The molecule has 0 heterocycles. The van der Waals surface area contributed by atoms with Crippen molar-refractivity contribution >= 4 is 21.6 Å². The number of rotatable bonds is 7. The third-order valence-corrected chi connectivity index (χ3v) is 6.65. The van der Waals surface area contributed by atoms with Gasteiger partial charge in [0.15, 0.2) is 0 Å². The number of hydrogen-bond donors (Lipinski definition) is 2. The van der Waals surface area contributed by atoms with Crippen LogP contribution in [0.15, 0.2) is 29.2 Å². The van der Waals surface area contributed by atoms with E-state index >= 15 is 0 Å². The molecule has 0 spiro atoms. The topological polar surface area (TPSA) is 66.4 Å². The third-order valence-electron chi connectivity index (χ3n) is 4.92. The molecule has 6 heteroatoms. The second-order valence-electron chi connectivity index (χ2n) is 6.52. The minimum Gasteiger partial charge on any atom is -0.391 e. The lowest BCUT2D eigenvalue weighted by atomic mass is 9.87. The van der Waals surface area contributed by atoms with Crippen LogP contribution < -0.4 is 4.72 Å². The van der Waals surface area contributed by atoms with Gasteiger partial charge in [-0.15, -0.1) is 0 Å². The van der Waals surface area contributed by atoms with Crippen LogP contribution in [0.3, 0.4) is 0 Å². The Morgan fingerprint density at radius 3 is 2.35 bits per heavy atom. The molecule has 1 fully saturated rings. The number of aliphatic hydroxyl groups is 1. The number of benzene rings is 1. The standard InChI is InChI=1S/C17H26ClNO3S/c1-3-12(2)16(17(20)13-6-4-5-7-13)19-23(21,22)15-10-8-14(18)9-11-15/h8-13,16-17,19-20H,3-7H2,1-2H3. The molecule has 1 aliphatic carbocycles. The molecular weight excluding hydrogens is 334 g/mol. The van der Waals surface area contributed by atoms with Gasteiger partial charge in [-0.25, -0.2) is 13.1 Å². The minimum absolute atomic E-state index is 0.0627. The molecule has 1 aromatic rings. The number of nitrogens with one attached hydrogen (secondary N) is 1. The quantitative estimate of drug-likeness (QED) is 0.781. The maximum Gasteiger partial charge on any atom is 0.240 e. The second-order valence-corrected chi connectivity index (χ2v) is 8.67. The van der Waals surface area contributed by atoms with Gasteiger partial charge in [-0.3, -0.25) is 0 Å². The highest BCUT2D eigenvalue weighted by atomic mass is 35.5. The fourth-order valence-electron chi connectivity index (χ4n) is 3.23. The van der Waals surface area contributed by atoms with Crippen molar-refractivity contribution < 1.29 is 13.5 Å². The summed E-state index contributed by atoms with van der Waals surface area (Å²) < 4.78 is 28.0. The van der Waals surface area contributed by atoms with Crippen LogP contribution >= 0.6 is 11.6 Å². The van der Waals surface area contributed by atoms with Gasteiger partial charge in [0, 0.05) is 5.02 Å². The highest BCUT2D eigenvalue weighted by Crippen LogP contribution is 2.31. The van der Waals surface area contributed by atoms with Gasteiger partial charge in [-0.2, -0.15) is 0 Å². The van der Waals surface area contributed by atoms with Crippen LogP contribution in [0.5, 0.6) is 0 Å². The molecule has 0 aliphatic heterocycles. The zero-order chi connectivity index (χ0) is 17.0. The molecule has 2 rings (SSSR count). The van der Waals surface area contributed by atoms with Crippen LogP contribution in [0, 0.1) is 11.8 Å². The third kappa shape index (κ3) is 4.69. The summed E-state index contributed by atoms with van der Waals surface area (Å²) in [5.74, 6) is 0.245. The van der Waals surface area contributed by atoms with E-state index in [-0.39, 0.29) is 16.7 Å². The molecule has 3 atom stereocenters. The Bertz CT molecular complexity index is 597. The zero-order valence-electron chi connectivity index (χ0n) is 13.7. The van der Waals surface area contributed by atoms with Crippen LogP contribution in [0.4, 0.5) is 0 Å². The van der Waals surface area contributed by atoms with Crippen molar-refractivity contribution in [1.29, 1.82) is 0 Å². The average Bonchev–Trinajstić information content (AvgIpc) is 3.06. The molecule has 1 saturated carbocycles. The van der Waals surface area contributed by atoms with Crippen molar-refractivity contribution in [2.75, 3.05) is 0 Å². The molecule has 0 amide bonds. The molecule has 2 N–H and O–H groups in total. The van der Waals surface area contributed by atoms with Crippen molar-refractivity contribution in [2.24, 2.45) is 11.8 Å². The Balaban J connectivity index is 2.20. The van der Waals surface area contributed by atoms with E-state index in [4.69, 9.17) is 11.6 Å². The van der Waals surface area contributed by atoms with E-state index in [1.54, 1.807) is 12.1 Å². The smallest absolute Gasteiger partial charge is 0.240 e. The Kier molecular flexibility index (Phi) is 6.48. The van der Waals surface area contributed by atoms with Crippen molar-refractivity contribution in [1.82, 2.24) is 4.72 Å². The van der Waals surface area contributed by atoms with E-state index in [1.165, 1.54) is 12.1 Å². The fraction of sp³-hybridized carbons (Fsp3) is 0.647. The maximum absolute atomic E-state index is 12.6. The fourth-order valence-corrected chi connectivity index (χ4v) is 4.72. The first-order valence-corrected chi connectivity index (χ1v) is 10.2. The first-order valence-electron chi connectivity index (χ1n) is 8.31. The van der Waals surface area contributed by atoms with E-state index in [9.17, 15) is 13.5 Å². The van der Waals surface area contributed by atoms with Gasteiger partial charge in [-0.1, -0.05) is 44.7 Å². The van der Waals surface area contributed by atoms with Gasteiger partial charge in [0.25, 0.3) is 0 Å². The number of sulfonamides is 1. The van der Waals surface area contributed by atoms with Crippen molar-refractivity contribution in [3.05, 3.63) is 29.3 Å². The monoisotopic (exact) mass is 359 g/mol. The summed E-state index contributed by atoms with van der Waals surface area (Å²) >= 11 is 5.82. The van der Waals surface area contributed by atoms with Crippen molar-refractivity contribution in [3.63, 3.8) is 0 Å². The van der Waals surface area contributed by atoms with Crippen LogP contribution in [-0.4, -0.2) is 25.7 Å². The van der Waals surface area contributed by atoms with E-state index in [2.05, 4.69) is 4.72 Å². The number of aliphatic hydroxyl groups excluding tert-OH is 1. The predicted molar refractivity (Wildman–Crippen MR) is 93.0 cm³/mol. The molecule has 0 radical (unpaired) electrons. The van der Waals surface area contributed by atoms with Crippen LogP contribution in [-0.2, 0) is 10.0 Å². The SMILES string of the molecule is CCC(C)C(NS(=O)(=O)c1ccc(Cl)cc1)C(O)C1CCCC1. The largest absolute Gasteiger partial charge is 0.391 e. The first-order chi connectivity index (χ1) is 10.8. The summed E-state index contributed by atoms with van der Waals surface area (Å²) in [4.78, 5) is 0.175. The van der Waals surface area contributed by atoms with Crippen molar-refractivity contribution in [3.8, 4) is 0 Å². The first kappa shape index (κ1) is 18.7. The van der Waals surface area contributed by atoms with Gasteiger partial charge in [-0.05, 0) is 48.9 Å². The Labute approximate surface area is 144 Å². The molecule has 130 valence electrons. The Morgan fingerprint density at radius 1 is 1.26 bits per heavy atom. The molecule has 3 unspecified atom stereocenters. The summed E-state index contributed by atoms with van der Waals surface area (Å²) in [5.41, 5.74) is 0.